The third-order valence-corrected chi connectivity index (χ3v) is 2.29. The number of rotatable bonds is 3. The van der Waals surface area contributed by atoms with Crippen molar-refractivity contribution in [2.75, 3.05) is 13.6 Å². The van der Waals surface area contributed by atoms with E-state index in [9.17, 15) is 4.79 Å². The SMILES string of the molecule is CN1CCCC1C/C=C/C=O. The zero-order valence-electron chi connectivity index (χ0n) is 6.99. The number of carbonyl (C=O) groups is 1. The lowest BCUT2D eigenvalue weighted by atomic mass is 10.1. The molecule has 0 amide bonds. The summed E-state index contributed by atoms with van der Waals surface area (Å²) >= 11 is 0. The van der Waals surface area contributed by atoms with Gasteiger partial charge in [0.25, 0.3) is 0 Å². The van der Waals surface area contributed by atoms with Gasteiger partial charge in [-0.05, 0) is 38.9 Å². The van der Waals surface area contributed by atoms with Crippen LogP contribution in [0, 0.1) is 0 Å². The quantitative estimate of drug-likeness (QED) is 0.449. The molecule has 0 spiro atoms. The van der Waals surface area contributed by atoms with E-state index in [0.29, 0.717) is 6.04 Å². The number of hydrogen-bond donors (Lipinski definition) is 0. The van der Waals surface area contributed by atoms with Crippen LogP contribution >= 0.6 is 0 Å². The third kappa shape index (κ3) is 2.46. The van der Waals surface area contributed by atoms with Crippen molar-refractivity contribution in [3.63, 3.8) is 0 Å². The molecule has 0 aromatic carbocycles. The van der Waals surface area contributed by atoms with Gasteiger partial charge in [-0.15, -0.1) is 0 Å². The topological polar surface area (TPSA) is 20.3 Å². The molecule has 0 saturated carbocycles. The molecule has 0 aromatic heterocycles. The highest BCUT2D eigenvalue weighted by Crippen LogP contribution is 2.17. The molecule has 0 bridgehead atoms. The fourth-order valence-corrected chi connectivity index (χ4v) is 1.57. The van der Waals surface area contributed by atoms with Crippen molar-refractivity contribution < 1.29 is 4.79 Å². The molecule has 0 radical (unpaired) electrons. The highest BCUT2D eigenvalue weighted by Gasteiger charge is 2.18. The molecule has 2 heteroatoms. The van der Waals surface area contributed by atoms with Gasteiger partial charge in [-0.1, -0.05) is 6.08 Å². The third-order valence-electron chi connectivity index (χ3n) is 2.29. The van der Waals surface area contributed by atoms with Gasteiger partial charge < -0.3 is 4.90 Å². The molecule has 0 N–H and O–H groups in total. The summed E-state index contributed by atoms with van der Waals surface area (Å²) in [6.45, 7) is 1.21. The van der Waals surface area contributed by atoms with Crippen molar-refractivity contribution in [2.45, 2.75) is 25.3 Å². The van der Waals surface area contributed by atoms with Crippen molar-refractivity contribution in [3.05, 3.63) is 12.2 Å². The maximum atomic E-state index is 9.96. The average Bonchev–Trinajstić information content (AvgIpc) is 2.37. The lowest BCUT2D eigenvalue weighted by Gasteiger charge is -2.16. The highest BCUT2D eigenvalue weighted by atomic mass is 16.1. The van der Waals surface area contributed by atoms with Crippen molar-refractivity contribution in [1.29, 1.82) is 0 Å². The molecular weight excluding hydrogens is 138 g/mol. The molecule has 11 heavy (non-hydrogen) atoms. The van der Waals surface area contributed by atoms with E-state index >= 15 is 0 Å². The minimum Gasteiger partial charge on any atom is -0.303 e. The van der Waals surface area contributed by atoms with E-state index in [1.807, 2.05) is 6.08 Å². The normalized spacial score (nSPS) is 26.5. The minimum absolute atomic E-state index is 0.672. The molecular formula is C9H15NO. The second-order valence-corrected chi connectivity index (χ2v) is 3.08. The van der Waals surface area contributed by atoms with Gasteiger partial charge in [0.1, 0.15) is 6.29 Å². The number of carbonyl (C=O) groups excluding carboxylic acids is 1. The summed E-state index contributed by atoms with van der Waals surface area (Å²) in [6, 6.07) is 0.672. The maximum Gasteiger partial charge on any atom is 0.142 e. The maximum absolute atomic E-state index is 9.96. The lowest BCUT2D eigenvalue weighted by molar-refractivity contribution is -0.104. The van der Waals surface area contributed by atoms with Crippen molar-refractivity contribution >= 4 is 6.29 Å². The van der Waals surface area contributed by atoms with Gasteiger partial charge in [0.05, 0.1) is 0 Å². The minimum atomic E-state index is 0.672. The van der Waals surface area contributed by atoms with Crippen LogP contribution in [0.2, 0.25) is 0 Å². The first-order chi connectivity index (χ1) is 5.34. The standard InChI is InChI=1S/C9H15NO/c1-10-7-4-6-9(10)5-2-3-8-11/h2-3,8-9H,4-7H2,1H3/b3-2+. The summed E-state index contributed by atoms with van der Waals surface area (Å²) < 4.78 is 0. The molecule has 62 valence electrons. The molecule has 0 aromatic rings. The Bertz CT molecular complexity index is 154. The van der Waals surface area contributed by atoms with Crippen LogP contribution in [0.25, 0.3) is 0 Å². The van der Waals surface area contributed by atoms with E-state index in [4.69, 9.17) is 0 Å². The largest absolute Gasteiger partial charge is 0.303 e. The lowest BCUT2D eigenvalue weighted by Crippen LogP contribution is -2.23. The summed E-state index contributed by atoms with van der Waals surface area (Å²) in [5, 5.41) is 0. The van der Waals surface area contributed by atoms with E-state index in [1.54, 1.807) is 6.08 Å². The Balaban J connectivity index is 2.25. The van der Waals surface area contributed by atoms with Crippen LogP contribution in [0.5, 0.6) is 0 Å². The van der Waals surface area contributed by atoms with Crippen LogP contribution in [0.3, 0.4) is 0 Å². The first-order valence-electron chi connectivity index (χ1n) is 4.15. The van der Waals surface area contributed by atoms with Gasteiger partial charge in [0, 0.05) is 6.04 Å². The Hall–Kier alpha value is -0.630. The second-order valence-electron chi connectivity index (χ2n) is 3.08. The number of nitrogens with zero attached hydrogens (tertiary/aromatic N) is 1. The van der Waals surface area contributed by atoms with Gasteiger partial charge in [0.2, 0.25) is 0 Å². The first-order valence-corrected chi connectivity index (χ1v) is 4.15. The zero-order valence-corrected chi connectivity index (χ0v) is 6.99. The van der Waals surface area contributed by atoms with E-state index < -0.39 is 0 Å². The molecule has 1 rings (SSSR count). The van der Waals surface area contributed by atoms with Crippen LogP contribution in [0.4, 0.5) is 0 Å². The van der Waals surface area contributed by atoms with Gasteiger partial charge in [-0.25, -0.2) is 0 Å². The van der Waals surface area contributed by atoms with Crippen LogP contribution in [-0.2, 0) is 4.79 Å². The smallest absolute Gasteiger partial charge is 0.142 e. The van der Waals surface area contributed by atoms with Gasteiger partial charge in [0.15, 0.2) is 0 Å². The van der Waals surface area contributed by atoms with Crippen LogP contribution in [0.1, 0.15) is 19.3 Å². The van der Waals surface area contributed by atoms with E-state index in [2.05, 4.69) is 11.9 Å². The molecule has 1 saturated heterocycles. The van der Waals surface area contributed by atoms with Crippen molar-refractivity contribution in [3.8, 4) is 0 Å². The fraction of sp³-hybridized carbons (Fsp3) is 0.667. The molecule has 1 aliphatic heterocycles. The van der Waals surface area contributed by atoms with Crippen molar-refractivity contribution in [1.82, 2.24) is 4.90 Å². The summed E-state index contributed by atoms with van der Waals surface area (Å²) in [7, 11) is 2.15. The van der Waals surface area contributed by atoms with Gasteiger partial charge in [-0.2, -0.15) is 0 Å². The molecule has 2 nitrogen and oxygen atoms in total. The highest BCUT2D eigenvalue weighted by molar-refractivity contribution is 5.64. The molecule has 1 fully saturated rings. The summed E-state index contributed by atoms with van der Waals surface area (Å²) in [5.41, 5.74) is 0. The molecule has 1 unspecified atom stereocenters. The van der Waals surface area contributed by atoms with E-state index in [1.165, 1.54) is 19.4 Å². The first kappa shape index (κ1) is 8.47. The van der Waals surface area contributed by atoms with Gasteiger partial charge >= 0.3 is 0 Å². The monoisotopic (exact) mass is 153 g/mol. The molecule has 1 heterocycles. The number of allylic oxidation sites excluding steroid dienone is 1. The van der Waals surface area contributed by atoms with E-state index in [0.717, 1.165) is 12.7 Å². The Kier molecular flexibility index (Phi) is 3.30. The van der Waals surface area contributed by atoms with E-state index in [-0.39, 0.29) is 0 Å². The Morgan fingerprint density at radius 1 is 1.64 bits per heavy atom. The van der Waals surface area contributed by atoms with Crippen LogP contribution in [-0.4, -0.2) is 30.8 Å². The number of aldehydes is 1. The van der Waals surface area contributed by atoms with Gasteiger partial charge in [-0.3, -0.25) is 4.79 Å². The number of hydrogen-bond acceptors (Lipinski definition) is 2. The predicted molar refractivity (Wildman–Crippen MR) is 45.5 cm³/mol. The van der Waals surface area contributed by atoms with Crippen LogP contribution in [0.15, 0.2) is 12.2 Å². The summed E-state index contributed by atoms with van der Waals surface area (Å²) in [4.78, 5) is 12.3. The summed E-state index contributed by atoms with van der Waals surface area (Å²) in [5.74, 6) is 0. The molecule has 1 aliphatic rings. The Morgan fingerprint density at radius 2 is 2.45 bits per heavy atom. The van der Waals surface area contributed by atoms with Crippen molar-refractivity contribution in [2.24, 2.45) is 0 Å². The average molecular weight is 153 g/mol. The number of likely N-dealkylation sites (tertiary alicyclic amines) is 1. The molecule has 0 aliphatic carbocycles. The summed E-state index contributed by atoms with van der Waals surface area (Å²) in [6.07, 6.45) is 7.99. The zero-order chi connectivity index (χ0) is 8.10. The fourth-order valence-electron chi connectivity index (χ4n) is 1.57. The Morgan fingerprint density at radius 3 is 3.00 bits per heavy atom. The molecule has 1 atom stereocenters. The predicted octanol–water partition coefficient (Wildman–Crippen LogP) is 1.23. The second kappa shape index (κ2) is 4.29. The Labute approximate surface area is 67.9 Å². The van der Waals surface area contributed by atoms with Crippen LogP contribution < -0.4 is 0 Å².